The van der Waals surface area contributed by atoms with Crippen molar-refractivity contribution in [3.8, 4) is 0 Å². The van der Waals surface area contributed by atoms with Crippen LogP contribution in [-0.2, 0) is 12.1 Å². The number of aliphatic hydroxyl groups is 1. The molecule has 1 saturated heterocycles. The molecule has 6 nitrogen and oxygen atoms in total. The zero-order valence-electron chi connectivity index (χ0n) is 13.9. The van der Waals surface area contributed by atoms with Gasteiger partial charge in [-0.1, -0.05) is 12.1 Å². The molecule has 1 unspecified atom stereocenters. The zero-order valence-corrected chi connectivity index (χ0v) is 13.9. The Morgan fingerprint density at radius 1 is 1.33 bits per heavy atom. The molecular weight excluding hydrogens is 309 g/mol. The molecule has 7 heteroatoms. The van der Waals surface area contributed by atoms with Crippen LogP contribution in [0.1, 0.15) is 42.9 Å². The van der Waals surface area contributed by atoms with E-state index in [2.05, 4.69) is 20.1 Å². The Hall–Kier alpha value is -1.83. The second-order valence-electron chi connectivity index (χ2n) is 6.68. The third-order valence-electron chi connectivity index (χ3n) is 4.69. The van der Waals surface area contributed by atoms with E-state index in [0.717, 1.165) is 37.3 Å². The van der Waals surface area contributed by atoms with E-state index in [4.69, 9.17) is 5.73 Å². The molecule has 1 aromatic heterocycles. The molecule has 2 heterocycles. The largest absolute Gasteiger partial charge is 0.384 e. The third-order valence-corrected chi connectivity index (χ3v) is 4.69. The monoisotopic (exact) mass is 333 g/mol. The van der Waals surface area contributed by atoms with E-state index in [1.54, 1.807) is 19.1 Å². The number of nitrogens with zero attached hydrogens (tertiary/aromatic N) is 3. The topological polar surface area (TPSA) is 91.1 Å². The van der Waals surface area contributed by atoms with Gasteiger partial charge in [0.05, 0.1) is 12.1 Å². The first-order chi connectivity index (χ1) is 11.5. The minimum absolute atomic E-state index is 0.293. The number of H-pyrrole nitrogens is 1. The fraction of sp³-hybridized carbons (Fsp3) is 0.529. The molecular formula is C17H24FN5O. The number of β-amino-alcohol motifs (C(OH)–C–C–N with tert-alkyl or cyclic N) is 1. The van der Waals surface area contributed by atoms with Crippen LogP contribution in [0.3, 0.4) is 0 Å². The van der Waals surface area contributed by atoms with Crippen LogP contribution in [0.2, 0.25) is 0 Å². The van der Waals surface area contributed by atoms with Crippen molar-refractivity contribution in [3.05, 3.63) is 47.3 Å². The normalized spacial score (nSPS) is 19.3. The molecule has 1 aliphatic rings. The summed E-state index contributed by atoms with van der Waals surface area (Å²) >= 11 is 0. The molecule has 0 radical (unpaired) electrons. The molecule has 1 fully saturated rings. The maximum absolute atomic E-state index is 13.1. The van der Waals surface area contributed by atoms with Crippen LogP contribution in [0.15, 0.2) is 24.3 Å². The number of piperidine rings is 1. The standard InChI is InChI=1S/C17H24FN5O/c1-17(24,13-2-4-14(18)5-3-13)11-23-8-6-12(7-9-23)16-20-15(10-19)21-22-16/h2-5,12,24H,6-11,19H2,1H3,(H,20,21,22). The first kappa shape index (κ1) is 17.0. The molecule has 0 aliphatic carbocycles. The Morgan fingerprint density at radius 3 is 2.58 bits per heavy atom. The van der Waals surface area contributed by atoms with Gasteiger partial charge in [0, 0.05) is 12.5 Å². The Bertz CT molecular complexity index is 662. The fourth-order valence-electron chi connectivity index (χ4n) is 3.27. The summed E-state index contributed by atoms with van der Waals surface area (Å²) in [4.78, 5) is 6.65. The first-order valence-electron chi connectivity index (χ1n) is 8.30. The number of aromatic nitrogens is 3. The van der Waals surface area contributed by atoms with Crippen LogP contribution < -0.4 is 5.73 Å². The van der Waals surface area contributed by atoms with E-state index in [-0.39, 0.29) is 5.82 Å². The number of aromatic amines is 1. The highest BCUT2D eigenvalue weighted by atomic mass is 19.1. The molecule has 1 aromatic carbocycles. The number of likely N-dealkylation sites (tertiary alicyclic amines) is 1. The van der Waals surface area contributed by atoms with E-state index in [9.17, 15) is 9.50 Å². The smallest absolute Gasteiger partial charge is 0.153 e. The molecule has 2 aromatic rings. The number of benzene rings is 1. The van der Waals surface area contributed by atoms with E-state index in [0.29, 0.717) is 24.8 Å². The molecule has 0 bridgehead atoms. The van der Waals surface area contributed by atoms with Crippen LogP contribution in [0.25, 0.3) is 0 Å². The third kappa shape index (κ3) is 3.80. The number of nitrogens with two attached hydrogens (primary N) is 1. The molecule has 0 spiro atoms. The Kier molecular flexibility index (Phi) is 4.93. The molecule has 0 amide bonds. The Labute approximate surface area is 140 Å². The fourth-order valence-corrected chi connectivity index (χ4v) is 3.27. The SMILES string of the molecule is CC(O)(CN1CCC(c2n[nH]c(CN)n2)CC1)c1ccc(F)cc1. The summed E-state index contributed by atoms with van der Waals surface area (Å²) < 4.78 is 13.1. The molecule has 1 atom stereocenters. The van der Waals surface area contributed by atoms with Gasteiger partial charge >= 0.3 is 0 Å². The predicted molar refractivity (Wildman–Crippen MR) is 88.7 cm³/mol. The second-order valence-corrected chi connectivity index (χ2v) is 6.68. The predicted octanol–water partition coefficient (Wildman–Crippen LogP) is 1.49. The highest BCUT2D eigenvalue weighted by Crippen LogP contribution is 2.28. The average molecular weight is 333 g/mol. The lowest BCUT2D eigenvalue weighted by Crippen LogP contribution is -2.42. The highest BCUT2D eigenvalue weighted by Gasteiger charge is 2.30. The maximum Gasteiger partial charge on any atom is 0.153 e. The number of hydrogen-bond donors (Lipinski definition) is 3. The van der Waals surface area contributed by atoms with Gasteiger partial charge in [0.15, 0.2) is 5.82 Å². The molecule has 4 N–H and O–H groups in total. The van der Waals surface area contributed by atoms with Gasteiger partial charge in [0.1, 0.15) is 11.6 Å². The lowest BCUT2D eigenvalue weighted by Gasteiger charge is -2.36. The number of halogens is 1. The summed E-state index contributed by atoms with van der Waals surface area (Å²) in [6.45, 7) is 4.40. The first-order valence-corrected chi connectivity index (χ1v) is 8.30. The summed E-state index contributed by atoms with van der Waals surface area (Å²) in [5.74, 6) is 1.58. The number of nitrogens with one attached hydrogen (secondary N) is 1. The Morgan fingerprint density at radius 2 is 2.00 bits per heavy atom. The van der Waals surface area contributed by atoms with Gasteiger partial charge in [0.25, 0.3) is 0 Å². The van der Waals surface area contributed by atoms with Crippen molar-refractivity contribution in [2.45, 2.75) is 37.8 Å². The van der Waals surface area contributed by atoms with Crippen LogP contribution in [0.4, 0.5) is 4.39 Å². The average Bonchev–Trinajstić information content (AvgIpc) is 3.05. The van der Waals surface area contributed by atoms with Gasteiger partial charge in [-0.3, -0.25) is 5.10 Å². The van der Waals surface area contributed by atoms with Gasteiger partial charge in [-0.2, -0.15) is 5.10 Å². The van der Waals surface area contributed by atoms with Crippen molar-refractivity contribution in [1.82, 2.24) is 20.1 Å². The number of rotatable bonds is 5. The van der Waals surface area contributed by atoms with Crippen molar-refractivity contribution in [1.29, 1.82) is 0 Å². The lowest BCUT2D eigenvalue weighted by molar-refractivity contribution is 0.00856. The molecule has 1 aliphatic heterocycles. The van der Waals surface area contributed by atoms with Gasteiger partial charge < -0.3 is 15.7 Å². The highest BCUT2D eigenvalue weighted by molar-refractivity contribution is 5.22. The summed E-state index contributed by atoms with van der Waals surface area (Å²) in [5.41, 5.74) is 5.28. The van der Waals surface area contributed by atoms with Gasteiger partial charge in [-0.05, 0) is 50.6 Å². The zero-order chi connectivity index (χ0) is 17.2. The lowest BCUT2D eigenvalue weighted by atomic mass is 9.92. The van der Waals surface area contributed by atoms with Gasteiger partial charge in [0.2, 0.25) is 0 Å². The minimum Gasteiger partial charge on any atom is -0.384 e. The second kappa shape index (κ2) is 6.96. The number of hydrogen-bond acceptors (Lipinski definition) is 5. The quantitative estimate of drug-likeness (QED) is 0.771. The van der Waals surface area contributed by atoms with Gasteiger partial charge in [-0.15, -0.1) is 0 Å². The van der Waals surface area contributed by atoms with Crippen LogP contribution >= 0.6 is 0 Å². The van der Waals surface area contributed by atoms with Crippen molar-refractivity contribution in [3.63, 3.8) is 0 Å². The van der Waals surface area contributed by atoms with Crippen LogP contribution in [0, 0.1) is 5.82 Å². The van der Waals surface area contributed by atoms with Crippen molar-refractivity contribution in [2.75, 3.05) is 19.6 Å². The van der Waals surface area contributed by atoms with E-state index >= 15 is 0 Å². The van der Waals surface area contributed by atoms with E-state index in [1.807, 2.05) is 0 Å². The molecule has 130 valence electrons. The summed E-state index contributed by atoms with van der Waals surface area (Å²) in [6, 6.07) is 6.05. The van der Waals surface area contributed by atoms with E-state index in [1.165, 1.54) is 12.1 Å². The Balaban J connectivity index is 1.57. The summed E-state index contributed by atoms with van der Waals surface area (Å²) in [5, 5.41) is 17.8. The van der Waals surface area contributed by atoms with Crippen molar-refractivity contribution in [2.24, 2.45) is 5.73 Å². The summed E-state index contributed by atoms with van der Waals surface area (Å²) in [7, 11) is 0. The van der Waals surface area contributed by atoms with Gasteiger partial charge in [-0.25, -0.2) is 9.37 Å². The molecule has 0 saturated carbocycles. The van der Waals surface area contributed by atoms with E-state index < -0.39 is 5.60 Å². The van der Waals surface area contributed by atoms with Crippen LogP contribution in [0.5, 0.6) is 0 Å². The minimum atomic E-state index is -1.00. The summed E-state index contributed by atoms with van der Waals surface area (Å²) in [6.07, 6.45) is 1.89. The van der Waals surface area contributed by atoms with Crippen LogP contribution in [-0.4, -0.2) is 44.8 Å². The van der Waals surface area contributed by atoms with Crippen molar-refractivity contribution < 1.29 is 9.50 Å². The maximum atomic E-state index is 13.1. The molecule has 3 rings (SSSR count). The molecule has 24 heavy (non-hydrogen) atoms. The van der Waals surface area contributed by atoms with Crippen molar-refractivity contribution >= 4 is 0 Å².